The topological polar surface area (TPSA) is 58.6 Å². The lowest BCUT2D eigenvalue weighted by Crippen LogP contribution is -2.42. The minimum absolute atomic E-state index is 0.0668. The molecule has 0 aliphatic heterocycles. The van der Waals surface area contributed by atoms with Crippen LogP contribution in [-0.2, 0) is 9.59 Å². The molecule has 1 N–H and O–H groups in total. The first-order chi connectivity index (χ1) is 12.3. The second kappa shape index (κ2) is 9.05. The normalized spacial score (nSPS) is 11.6. The van der Waals surface area contributed by atoms with Crippen LogP contribution in [-0.4, -0.2) is 36.4 Å². The number of ether oxygens (including phenoxy) is 1. The molecular formula is C19H20BrClN2O3. The fourth-order valence-electron chi connectivity index (χ4n) is 2.33. The smallest absolute Gasteiger partial charge is 0.263 e. The van der Waals surface area contributed by atoms with E-state index in [1.165, 1.54) is 4.90 Å². The maximum absolute atomic E-state index is 12.4. The van der Waals surface area contributed by atoms with Crippen molar-refractivity contribution in [2.24, 2.45) is 0 Å². The lowest BCUT2D eigenvalue weighted by atomic mass is 10.2. The molecule has 2 amide bonds. The summed E-state index contributed by atoms with van der Waals surface area (Å²) >= 11 is 9.21. The molecule has 0 bridgehead atoms. The zero-order valence-electron chi connectivity index (χ0n) is 14.8. The number of aryl methyl sites for hydroxylation is 1. The molecule has 0 spiro atoms. The number of likely N-dealkylation sites (N-methyl/N-ethyl adjacent to an activating group) is 1. The van der Waals surface area contributed by atoms with E-state index in [-0.39, 0.29) is 18.4 Å². The third kappa shape index (κ3) is 5.75. The fraction of sp³-hybridized carbons (Fsp3) is 0.263. The lowest BCUT2D eigenvalue weighted by molar-refractivity contribution is -0.139. The van der Waals surface area contributed by atoms with Crippen molar-refractivity contribution in [3.8, 4) is 5.75 Å². The van der Waals surface area contributed by atoms with Gasteiger partial charge in [0.2, 0.25) is 5.91 Å². The van der Waals surface area contributed by atoms with Gasteiger partial charge in [-0.25, -0.2) is 0 Å². The van der Waals surface area contributed by atoms with Gasteiger partial charge in [0, 0.05) is 22.2 Å². The van der Waals surface area contributed by atoms with Crippen LogP contribution in [0.25, 0.3) is 0 Å². The number of nitrogens with one attached hydrogen (secondary N) is 1. The molecule has 1 unspecified atom stereocenters. The third-order valence-electron chi connectivity index (χ3n) is 3.69. The monoisotopic (exact) mass is 438 g/mol. The van der Waals surface area contributed by atoms with E-state index in [0.717, 1.165) is 10.0 Å². The van der Waals surface area contributed by atoms with Crippen molar-refractivity contribution in [3.05, 3.63) is 57.5 Å². The number of nitrogens with zero attached hydrogens (tertiary/aromatic N) is 1. The van der Waals surface area contributed by atoms with Crippen LogP contribution in [0.5, 0.6) is 5.75 Å². The van der Waals surface area contributed by atoms with Gasteiger partial charge < -0.3 is 15.0 Å². The fourth-order valence-corrected chi connectivity index (χ4v) is 2.93. The summed E-state index contributed by atoms with van der Waals surface area (Å²) in [6, 6.07) is 12.3. The number of hydrogen-bond acceptors (Lipinski definition) is 3. The molecule has 26 heavy (non-hydrogen) atoms. The highest BCUT2D eigenvalue weighted by Gasteiger charge is 2.21. The molecule has 0 saturated carbocycles. The molecule has 1 atom stereocenters. The molecule has 0 aliphatic carbocycles. The number of carbonyl (C=O) groups excluding carboxylic acids is 2. The molecule has 5 nitrogen and oxygen atoms in total. The molecule has 2 aromatic rings. The molecule has 0 radical (unpaired) electrons. The number of anilines is 1. The Balaban J connectivity index is 1.90. The SMILES string of the molecule is Cc1cc(Br)ccc1NC(=O)CN(C)C(=O)C(C)Oc1ccc(Cl)cc1. The highest BCUT2D eigenvalue weighted by Crippen LogP contribution is 2.20. The van der Waals surface area contributed by atoms with Crippen LogP contribution >= 0.6 is 27.5 Å². The van der Waals surface area contributed by atoms with Gasteiger partial charge in [0.15, 0.2) is 6.10 Å². The Morgan fingerprint density at radius 2 is 1.88 bits per heavy atom. The van der Waals surface area contributed by atoms with Crippen LogP contribution in [0.3, 0.4) is 0 Å². The summed E-state index contributed by atoms with van der Waals surface area (Å²) in [6.07, 6.45) is -0.719. The van der Waals surface area contributed by atoms with E-state index in [1.54, 1.807) is 38.2 Å². The Labute approximate surface area is 166 Å². The molecule has 0 fully saturated rings. The molecule has 138 valence electrons. The van der Waals surface area contributed by atoms with E-state index < -0.39 is 6.10 Å². The van der Waals surface area contributed by atoms with E-state index in [2.05, 4.69) is 21.2 Å². The molecule has 2 aromatic carbocycles. The summed E-state index contributed by atoms with van der Waals surface area (Å²) in [4.78, 5) is 26.0. The maximum atomic E-state index is 12.4. The largest absolute Gasteiger partial charge is 0.481 e. The Morgan fingerprint density at radius 1 is 1.23 bits per heavy atom. The first-order valence-electron chi connectivity index (χ1n) is 7.99. The Hall–Kier alpha value is -2.05. The summed E-state index contributed by atoms with van der Waals surface area (Å²) in [5.41, 5.74) is 1.64. The minimum Gasteiger partial charge on any atom is -0.481 e. The van der Waals surface area contributed by atoms with Crippen molar-refractivity contribution in [1.29, 1.82) is 0 Å². The van der Waals surface area contributed by atoms with E-state index in [0.29, 0.717) is 16.5 Å². The van der Waals surface area contributed by atoms with E-state index in [1.807, 2.05) is 25.1 Å². The predicted octanol–water partition coefficient (Wildman–Crippen LogP) is 4.28. The quantitative estimate of drug-likeness (QED) is 0.731. The Kier molecular flexibility index (Phi) is 7.06. The summed E-state index contributed by atoms with van der Waals surface area (Å²) < 4.78 is 6.54. The summed E-state index contributed by atoms with van der Waals surface area (Å²) in [6.45, 7) is 3.48. The van der Waals surface area contributed by atoms with Crippen molar-refractivity contribution in [2.45, 2.75) is 20.0 Å². The van der Waals surface area contributed by atoms with Crippen LogP contribution < -0.4 is 10.1 Å². The zero-order chi connectivity index (χ0) is 19.3. The molecule has 0 saturated heterocycles. The van der Waals surface area contributed by atoms with Crippen molar-refractivity contribution >= 4 is 45.0 Å². The van der Waals surface area contributed by atoms with Gasteiger partial charge in [-0.1, -0.05) is 27.5 Å². The second-order valence-electron chi connectivity index (χ2n) is 5.92. The Morgan fingerprint density at radius 3 is 2.50 bits per heavy atom. The molecule has 0 aromatic heterocycles. The molecular weight excluding hydrogens is 420 g/mol. The standard InChI is InChI=1S/C19H20BrClN2O3/c1-12-10-14(20)4-9-17(12)22-18(24)11-23(3)19(25)13(2)26-16-7-5-15(21)6-8-16/h4-10,13H,11H2,1-3H3,(H,22,24). The number of rotatable bonds is 6. The van der Waals surface area contributed by atoms with Crippen molar-refractivity contribution < 1.29 is 14.3 Å². The average molecular weight is 440 g/mol. The van der Waals surface area contributed by atoms with Gasteiger partial charge in [-0.15, -0.1) is 0 Å². The number of amides is 2. The summed E-state index contributed by atoms with van der Waals surface area (Å²) in [7, 11) is 1.57. The lowest BCUT2D eigenvalue weighted by Gasteiger charge is -2.22. The predicted molar refractivity (Wildman–Crippen MR) is 107 cm³/mol. The van der Waals surface area contributed by atoms with Crippen LogP contribution in [0, 0.1) is 6.92 Å². The van der Waals surface area contributed by atoms with Crippen LogP contribution in [0.1, 0.15) is 12.5 Å². The second-order valence-corrected chi connectivity index (χ2v) is 7.27. The maximum Gasteiger partial charge on any atom is 0.263 e. The van der Waals surface area contributed by atoms with Crippen molar-refractivity contribution in [1.82, 2.24) is 4.90 Å². The van der Waals surface area contributed by atoms with Gasteiger partial charge in [0.1, 0.15) is 5.75 Å². The first-order valence-corrected chi connectivity index (χ1v) is 9.16. The van der Waals surface area contributed by atoms with Gasteiger partial charge in [0.25, 0.3) is 5.91 Å². The average Bonchev–Trinajstić information content (AvgIpc) is 2.58. The number of benzene rings is 2. The number of hydrogen-bond donors (Lipinski definition) is 1. The highest BCUT2D eigenvalue weighted by molar-refractivity contribution is 9.10. The van der Waals surface area contributed by atoms with Gasteiger partial charge >= 0.3 is 0 Å². The molecule has 0 heterocycles. The van der Waals surface area contributed by atoms with E-state index in [4.69, 9.17) is 16.3 Å². The minimum atomic E-state index is -0.719. The zero-order valence-corrected chi connectivity index (χ0v) is 17.1. The van der Waals surface area contributed by atoms with Crippen LogP contribution in [0.2, 0.25) is 5.02 Å². The van der Waals surface area contributed by atoms with Crippen LogP contribution in [0.15, 0.2) is 46.9 Å². The van der Waals surface area contributed by atoms with Crippen LogP contribution in [0.4, 0.5) is 5.69 Å². The number of halogens is 2. The summed E-state index contributed by atoms with van der Waals surface area (Å²) in [5.74, 6) is -0.0221. The van der Waals surface area contributed by atoms with Gasteiger partial charge in [0.05, 0.1) is 6.54 Å². The molecule has 0 aliphatic rings. The van der Waals surface area contributed by atoms with Crippen molar-refractivity contribution in [3.63, 3.8) is 0 Å². The molecule has 7 heteroatoms. The van der Waals surface area contributed by atoms with Crippen molar-refractivity contribution in [2.75, 3.05) is 18.9 Å². The molecule has 2 rings (SSSR count). The summed E-state index contributed by atoms with van der Waals surface area (Å²) in [5, 5.41) is 3.40. The highest BCUT2D eigenvalue weighted by atomic mass is 79.9. The number of carbonyl (C=O) groups is 2. The first kappa shape index (κ1) is 20.3. The third-order valence-corrected chi connectivity index (χ3v) is 4.44. The van der Waals surface area contributed by atoms with Gasteiger partial charge in [-0.2, -0.15) is 0 Å². The van der Waals surface area contributed by atoms with Gasteiger partial charge in [-0.3, -0.25) is 9.59 Å². The van der Waals surface area contributed by atoms with E-state index >= 15 is 0 Å². The van der Waals surface area contributed by atoms with Gasteiger partial charge in [-0.05, 0) is 61.9 Å². The van der Waals surface area contributed by atoms with E-state index in [9.17, 15) is 9.59 Å². The Bertz CT molecular complexity index is 796.